The Labute approximate surface area is 149 Å². The molecule has 0 spiro atoms. The molecule has 0 amide bonds. The number of carbonyl (C=O) groups is 1. The van der Waals surface area contributed by atoms with Crippen LogP contribution in [-0.2, 0) is 14.8 Å². The molecule has 128 valence electrons. The van der Waals surface area contributed by atoms with Gasteiger partial charge < -0.3 is 5.11 Å². The molecule has 3 rings (SSSR count). The van der Waals surface area contributed by atoms with E-state index in [1.807, 2.05) is 19.1 Å². The molecule has 1 aromatic heterocycles. The highest BCUT2D eigenvalue weighted by molar-refractivity contribution is 7.92. The predicted octanol–water partition coefficient (Wildman–Crippen LogP) is 4.11. The van der Waals surface area contributed by atoms with E-state index in [9.17, 15) is 13.2 Å². The molecule has 5 nitrogen and oxygen atoms in total. The molecule has 7 heteroatoms. The Morgan fingerprint density at radius 1 is 1.12 bits per heavy atom. The molecule has 0 fully saturated rings. The number of hydrogen-bond acceptors (Lipinski definition) is 4. The van der Waals surface area contributed by atoms with Crippen LogP contribution >= 0.6 is 11.3 Å². The lowest BCUT2D eigenvalue weighted by Crippen LogP contribution is -2.12. The number of benzene rings is 2. The predicted molar refractivity (Wildman–Crippen MR) is 100 cm³/mol. The first kappa shape index (κ1) is 17.2. The first-order valence-electron chi connectivity index (χ1n) is 7.37. The Balaban J connectivity index is 1.88. The van der Waals surface area contributed by atoms with Crippen LogP contribution < -0.4 is 4.72 Å². The van der Waals surface area contributed by atoms with Crippen LogP contribution in [0.3, 0.4) is 0 Å². The summed E-state index contributed by atoms with van der Waals surface area (Å²) in [6.45, 7) is 1.89. The van der Waals surface area contributed by atoms with Gasteiger partial charge in [-0.15, -0.1) is 11.3 Å². The molecule has 3 aromatic rings. The number of aliphatic carboxylic acids is 1. The van der Waals surface area contributed by atoms with Gasteiger partial charge in [0.1, 0.15) is 0 Å². The minimum absolute atomic E-state index is 0.202. The Bertz CT molecular complexity index is 1060. The minimum Gasteiger partial charge on any atom is -0.478 e. The Kier molecular flexibility index (Phi) is 4.61. The maximum absolute atomic E-state index is 12.4. The number of carboxylic acid groups (broad SMARTS) is 1. The highest BCUT2D eigenvalue weighted by Gasteiger charge is 2.14. The van der Waals surface area contributed by atoms with Crippen molar-refractivity contribution in [3.8, 4) is 0 Å². The van der Waals surface area contributed by atoms with Crippen molar-refractivity contribution in [2.45, 2.75) is 11.8 Å². The average Bonchev–Trinajstić information content (AvgIpc) is 2.95. The quantitative estimate of drug-likeness (QED) is 0.659. The summed E-state index contributed by atoms with van der Waals surface area (Å²) >= 11 is 1.44. The van der Waals surface area contributed by atoms with Crippen LogP contribution in [0.4, 0.5) is 5.69 Å². The van der Waals surface area contributed by atoms with E-state index in [2.05, 4.69) is 4.72 Å². The summed E-state index contributed by atoms with van der Waals surface area (Å²) in [6.07, 6.45) is 2.59. The Morgan fingerprint density at radius 2 is 1.84 bits per heavy atom. The number of aryl methyl sites for hydroxylation is 1. The van der Waals surface area contributed by atoms with Crippen molar-refractivity contribution in [3.05, 3.63) is 65.0 Å². The second-order valence-corrected chi connectivity index (χ2v) is 8.29. The zero-order chi connectivity index (χ0) is 18.0. The van der Waals surface area contributed by atoms with Gasteiger partial charge in [-0.05, 0) is 54.8 Å². The third kappa shape index (κ3) is 4.07. The second-order valence-electron chi connectivity index (χ2n) is 5.49. The second kappa shape index (κ2) is 6.70. The van der Waals surface area contributed by atoms with Gasteiger partial charge in [0.25, 0.3) is 10.0 Å². The van der Waals surface area contributed by atoms with Gasteiger partial charge in [-0.25, -0.2) is 13.2 Å². The summed E-state index contributed by atoms with van der Waals surface area (Å²) in [5, 5.41) is 9.53. The Hall–Kier alpha value is -2.64. The lowest BCUT2D eigenvalue weighted by molar-refractivity contribution is -0.131. The largest absolute Gasteiger partial charge is 0.478 e. The van der Waals surface area contributed by atoms with Crippen LogP contribution in [0.1, 0.15) is 10.4 Å². The Morgan fingerprint density at radius 3 is 2.52 bits per heavy atom. The first-order chi connectivity index (χ1) is 11.8. The molecule has 0 aliphatic rings. The van der Waals surface area contributed by atoms with Gasteiger partial charge in [-0.2, -0.15) is 0 Å². The van der Waals surface area contributed by atoms with Gasteiger partial charge in [-0.1, -0.05) is 17.7 Å². The molecule has 2 aromatic carbocycles. The van der Waals surface area contributed by atoms with Crippen LogP contribution in [0.2, 0.25) is 0 Å². The number of fused-ring (bicyclic) bond motifs is 1. The number of carboxylic acids is 1. The van der Waals surface area contributed by atoms with E-state index in [1.54, 1.807) is 36.4 Å². The van der Waals surface area contributed by atoms with Crippen LogP contribution in [0.25, 0.3) is 16.2 Å². The summed E-state index contributed by atoms with van der Waals surface area (Å²) in [5.74, 6) is -1.01. The zero-order valence-corrected chi connectivity index (χ0v) is 14.9. The highest BCUT2D eigenvalue weighted by Crippen LogP contribution is 2.29. The molecule has 0 aliphatic heterocycles. The maximum Gasteiger partial charge on any atom is 0.328 e. The summed E-state index contributed by atoms with van der Waals surface area (Å²) in [7, 11) is -3.65. The average molecular weight is 373 g/mol. The summed E-state index contributed by atoms with van der Waals surface area (Å²) in [4.78, 5) is 11.6. The van der Waals surface area contributed by atoms with E-state index in [0.29, 0.717) is 5.69 Å². The molecule has 0 radical (unpaired) electrons. The molecular weight excluding hydrogens is 358 g/mol. The minimum atomic E-state index is -3.65. The molecular formula is C18H15NO4S2. The van der Waals surface area contributed by atoms with Gasteiger partial charge in [-0.3, -0.25) is 4.72 Å². The SMILES string of the molecule is Cc1ccc(S(=O)(=O)Nc2ccc3sc(C=CC(=O)O)cc3c2)cc1. The molecule has 0 atom stereocenters. The molecule has 0 unspecified atom stereocenters. The highest BCUT2D eigenvalue weighted by atomic mass is 32.2. The normalized spacial score (nSPS) is 11.9. The number of rotatable bonds is 5. The molecule has 2 N–H and O–H groups in total. The lowest BCUT2D eigenvalue weighted by Gasteiger charge is -2.08. The molecule has 0 saturated carbocycles. The van der Waals surface area contributed by atoms with E-state index in [0.717, 1.165) is 26.6 Å². The summed E-state index contributed by atoms with van der Waals surface area (Å²) in [6, 6.07) is 13.7. The third-order valence-electron chi connectivity index (χ3n) is 3.51. The maximum atomic E-state index is 12.4. The molecule has 0 saturated heterocycles. The van der Waals surface area contributed by atoms with E-state index in [-0.39, 0.29) is 4.90 Å². The molecule has 25 heavy (non-hydrogen) atoms. The van der Waals surface area contributed by atoms with E-state index in [4.69, 9.17) is 5.11 Å². The first-order valence-corrected chi connectivity index (χ1v) is 9.67. The topological polar surface area (TPSA) is 83.5 Å². The number of thiophene rings is 1. The summed E-state index contributed by atoms with van der Waals surface area (Å²) in [5.41, 5.74) is 1.44. The van der Waals surface area contributed by atoms with Gasteiger partial charge >= 0.3 is 5.97 Å². The van der Waals surface area contributed by atoms with Gasteiger partial charge in [0.15, 0.2) is 0 Å². The van der Waals surface area contributed by atoms with Crippen LogP contribution in [0, 0.1) is 6.92 Å². The van der Waals surface area contributed by atoms with Gasteiger partial charge in [0, 0.05) is 21.3 Å². The van der Waals surface area contributed by atoms with E-state index >= 15 is 0 Å². The lowest BCUT2D eigenvalue weighted by atomic mass is 10.2. The molecule has 0 aliphatic carbocycles. The van der Waals surface area contributed by atoms with Crippen LogP contribution in [-0.4, -0.2) is 19.5 Å². The van der Waals surface area contributed by atoms with Crippen molar-refractivity contribution in [3.63, 3.8) is 0 Å². The van der Waals surface area contributed by atoms with Gasteiger partial charge in [0.2, 0.25) is 0 Å². The van der Waals surface area contributed by atoms with Crippen molar-refractivity contribution in [1.82, 2.24) is 0 Å². The van der Waals surface area contributed by atoms with Crippen molar-refractivity contribution in [1.29, 1.82) is 0 Å². The van der Waals surface area contributed by atoms with Crippen molar-refractivity contribution in [2.75, 3.05) is 4.72 Å². The van der Waals surface area contributed by atoms with Gasteiger partial charge in [0.05, 0.1) is 4.90 Å². The van der Waals surface area contributed by atoms with Crippen molar-refractivity contribution in [2.24, 2.45) is 0 Å². The number of anilines is 1. The summed E-state index contributed by atoms with van der Waals surface area (Å²) < 4.78 is 28.4. The van der Waals surface area contributed by atoms with Crippen LogP contribution in [0.15, 0.2) is 59.5 Å². The molecule has 1 heterocycles. The van der Waals surface area contributed by atoms with E-state index < -0.39 is 16.0 Å². The standard InChI is InChI=1S/C18H15NO4S2/c1-12-2-6-16(7-3-12)25(22,23)19-14-4-8-17-13(10-14)11-15(24-17)5-9-18(20)21/h2-11,19H,1H3,(H,20,21). The number of sulfonamides is 1. The fraction of sp³-hybridized carbons (Fsp3) is 0.0556. The van der Waals surface area contributed by atoms with Crippen LogP contribution in [0.5, 0.6) is 0 Å². The molecule has 0 bridgehead atoms. The van der Waals surface area contributed by atoms with Crippen molar-refractivity contribution < 1.29 is 18.3 Å². The van der Waals surface area contributed by atoms with E-state index in [1.165, 1.54) is 17.4 Å². The zero-order valence-electron chi connectivity index (χ0n) is 13.3. The third-order valence-corrected chi connectivity index (χ3v) is 5.99. The smallest absolute Gasteiger partial charge is 0.328 e. The monoisotopic (exact) mass is 373 g/mol. The van der Waals surface area contributed by atoms with Crippen molar-refractivity contribution >= 4 is 49.2 Å². The number of hydrogen-bond donors (Lipinski definition) is 2. The fourth-order valence-corrected chi connectivity index (χ4v) is 4.29. The number of nitrogens with one attached hydrogen (secondary N) is 1. The fourth-order valence-electron chi connectivity index (χ4n) is 2.29.